The molecule has 0 radical (unpaired) electrons. The maximum absolute atomic E-state index is 5.10. The molecule has 0 unspecified atom stereocenters. The summed E-state index contributed by atoms with van der Waals surface area (Å²) in [5, 5.41) is 0. The molecular formula is C7H18N2. The van der Waals surface area contributed by atoms with Gasteiger partial charge in [-0.2, -0.15) is 0 Å². The van der Waals surface area contributed by atoms with Crippen molar-refractivity contribution >= 4 is 0 Å². The standard InChI is InChI=1S/C7H18N2/c1-7(2)5-3-4-6-9-8/h7,9H,3-6,8H2,1-2H3. The summed E-state index contributed by atoms with van der Waals surface area (Å²) in [6.45, 7) is 5.44. The second kappa shape index (κ2) is 6.05. The minimum absolute atomic E-state index is 0.836. The number of rotatable bonds is 5. The van der Waals surface area contributed by atoms with Gasteiger partial charge in [-0.3, -0.25) is 11.3 Å². The zero-order valence-electron chi connectivity index (χ0n) is 6.48. The highest BCUT2D eigenvalue weighted by Gasteiger charge is 1.91. The molecule has 0 aromatic carbocycles. The molecule has 2 nitrogen and oxygen atoms in total. The predicted octanol–water partition coefficient (Wildman–Crippen LogP) is 1.28. The Morgan fingerprint density at radius 3 is 2.44 bits per heavy atom. The molecule has 0 spiro atoms. The van der Waals surface area contributed by atoms with Gasteiger partial charge in [-0.15, -0.1) is 0 Å². The van der Waals surface area contributed by atoms with E-state index >= 15 is 0 Å². The minimum atomic E-state index is 0.836. The van der Waals surface area contributed by atoms with Crippen molar-refractivity contribution in [3.63, 3.8) is 0 Å². The minimum Gasteiger partial charge on any atom is -0.271 e. The van der Waals surface area contributed by atoms with E-state index < -0.39 is 0 Å². The van der Waals surface area contributed by atoms with Crippen LogP contribution in [0.4, 0.5) is 0 Å². The van der Waals surface area contributed by atoms with Gasteiger partial charge < -0.3 is 0 Å². The molecule has 0 saturated heterocycles. The van der Waals surface area contributed by atoms with Crippen LogP contribution in [0.3, 0.4) is 0 Å². The second-order valence-corrected chi connectivity index (χ2v) is 2.84. The number of hydrazine groups is 1. The molecule has 0 rings (SSSR count). The second-order valence-electron chi connectivity index (χ2n) is 2.84. The van der Waals surface area contributed by atoms with Crippen LogP contribution >= 0.6 is 0 Å². The summed E-state index contributed by atoms with van der Waals surface area (Å²) in [6.07, 6.45) is 3.82. The van der Waals surface area contributed by atoms with E-state index in [-0.39, 0.29) is 0 Å². The summed E-state index contributed by atoms with van der Waals surface area (Å²) < 4.78 is 0. The van der Waals surface area contributed by atoms with Gasteiger partial charge >= 0.3 is 0 Å². The molecule has 0 aliphatic carbocycles. The number of hydrogen-bond donors (Lipinski definition) is 2. The van der Waals surface area contributed by atoms with Gasteiger partial charge in [-0.25, -0.2) is 0 Å². The molecule has 0 fully saturated rings. The Bertz CT molecular complexity index is 52.9. The number of nitrogens with two attached hydrogens (primary N) is 1. The van der Waals surface area contributed by atoms with E-state index in [9.17, 15) is 0 Å². The first-order valence-electron chi connectivity index (χ1n) is 3.71. The monoisotopic (exact) mass is 130 g/mol. The molecule has 0 amide bonds. The van der Waals surface area contributed by atoms with Crippen LogP contribution in [0.25, 0.3) is 0 Å². The number of hydrogen-bond acceptors (Lipinski definition) is 2. The smallest absolute Gasteiger partial charge is 0.00974 e. The van der Waals surface area contributed by atoms with Crippen molar-refractivity contribution in [2.45, 2.75) is 33.1 Å². The Balaban J connectivity index is 2.75. The fourth-order valence-electron chi connectivity index (χ4n) is 0.780. The molecule has 0 aromatic rings. The van der Waals surface area contributed by atoms with Crippen LogP contribution in [0.2, 0.25) is 0 Å². The lowest BCUT2D eigenvalue weighted by atomic mass is 10.1. The summed E-state index contributed by atoms with van der Waals surface area (Å²) >= 11 is 0. The molecule has 0 atom stereocenters. The van der Waals surface area contributed by atoms with Crippen molar-refractivity contribution < 1.29 is 0 Å². The highest BCUT2D eigenvalue weighted by atomic mass is 15.2. The number of unbranched alkanes of at least 4 members (excludes halogenated alkanes) is 1. The highest BCUT2D eigenvalue weighted by molar-refractivity contribution is 4.46. The van der Waals surface area contributed by atoms with Gasteiger partial charge in [0.1, 0.15) is 0 Å². The zero-order valence-corrected chi connectivity index (χ0v) is 6.48. The van der Waals surface area contributed by atoms with Crippen molar-refractivity contribution in [1.82, 2.24) is 5.43 Å². The van der Waals surface area contributed by atoms with Gasteiger partial charge in [0.15, 0.2) is 0 Å². The van der Waals surface area contributed by atoms with E-state index in [1.54, 1.807) is 0 Å². The quantitative estimate of drug-likeness (QED) is 0.334. The molecule has 0 heterocycles. The van der Waals surface area contributed by atoms with Crippen LogP contribution in [0.15, 0.2) is 0 Å². The Morgan fingerprint density at radius 2 is 2.00 bits per heavy atom. The van der Waals surface area contributed by atoms with Crippen LogP contribution in [-0.2, 0) is 0 Å². The fourth-order valence-corrected chi connectivity index (χ4v) is 0.780. The van der Waals surface area contributed by atoms with Crippen molar-refractivity contribution in [2.24, 2.45) is 11.8 Å². The van der Waals surface area contributed by atoms with E-state index in [1.807, 2.05) is 0 Å². The van der Waals surface area contributed by atoms with Gasteiger partial charge in [0.25, 0.3) is 0 Å². The Morgan fingerprint density at radius 1 is 1.33 bits per heavy atom. The Kier molecular flexibility index (Phi) is 5.99. The SMILES string of the molecule is CC(C)CCCCNN. The molecule has 0 aliphatic rings. The van der Waals surface area contributed by atoms with Crippen LogP contribution < -0.4 is 11.3 Å². The van der Waals surface area contributed by atoms with Crippen molar-refractivity contribution in [3.05, 3.63) is 0 Å². The maximum Gasteiger partial charge on any atom is 0.00974 e. The Labute approximate surface area is 57.8 Å². The Hall–Kier alpha value is -0.0800. The summed E-state index contributed by atoms with van der Waals surface area (Å²) in [5.41, 5.74) is 2.64. The molecule has 9 heavy (non-hydrogen) atoms. The lowest BCUT2D eigenvalue weighted by molar-refractivity contribution is 0.524. The third kappa shape index (κ3) is 7.92. The average Bonchev–Trinajstić information content (AvgIpc) is 1.80. The molecule has 2 heteroatoms. The predicted molar refractivity (Wildman–Crippen MR) is 40.9 cm³/mol. The van der Waals surface area contributed by atoms with E-state index in [0.717, 1.165) is 12.5 Å². The lowest BCUT2D eigenvalue weighted by Gasteiger charge is -2.02. The van der Waals surface area contributed by atoms with Crippen LogP contribution in [0.1, 0.15) is 33.1 Å². The molecular weight excluding hydrogens is 112 g/mol. The van der Waals surface area contributed by atoms with E-state index in [4.69, 9.17) is 5.84 Å². The molecule has 0 aliphatic heterocycles. The van der Waals surface area contributed by atoms with Gasteiger partial charge in [0, 0.05) is 6.54 Å². The van der Waals surface area contributed by atoms with E-state index in [0.29, 0.717) is 0 Å². The molecule has 0 bridgehead atoms. The third-order valence-corrected chi connectivity index (χ3v) is 1.35. The first-order valence-corrected chi connectivity index (χ1v) is 3.71. The van der Waals surface area contributed by atoms with Gasteiger partial charge in [0.2, 0.25) is 0 Å². The van der Waals surface area contributed by atoms with Gasteiger partial charge in [-0.1, -0.05) is 26.7 Å². The van der Waals surface area contributed by atoms with Crippen molar-refractivity contribution in [2.75, 3.05) is 6.54 Å². The van der Waals surface area contributed by atoms with E-state index in [2.05, 4.69) is 19.3 Å². The summed E-state index contributed by atoms with van der Waals surface area (Å²) in [5.74, 6) is 5.93. The summed E-state index contributed by atoms with van der Waals surface area (Å²) in [6, 6.07) is 0. The van der Waals surface area contributed by atoms with Crippen LogP contribution in [0.5, 0.6) is 0 Å². The first kappa shape index (κ1) is 8.92. The normalized spacial score (nSPS) is 10.7. The van der Waals surface area contributed by atoms with Crippen molar-refractivity contribution in [1.29, 1.82) is 0 Å². The highest BCUT2D eigenvalue weighted by Crippen LogP contribution is 2.04. The average molecular weight is 130 g/mol. The molecule has 0 saturated carbocycles. The topological polar surface area (TPSA) is 38.0 Å². The maximum atomic E-state index is 5.10. The van der Waals surface area contributed by atoms with Crippen LogP contribution in [0, 0.1) is 5.92 Å². The van der Waals surface area contributed by atoms with Gasteiger partial charge in [0.05, 0.1) is 0 Å². The largest absolute Gasteiger partial charge is 0.271 e. The lowest BCUT2D eigenvalue weighted by Crippen LogP contribution is -2.22. The van der Waals surface area contributed by atoms with Crippen LogP contribution in [-0.4, -0.2) is 6.54 Å². The zero-order chi connectivity index (χ0) is 7.11. The molecule has 0 aromatic heterocycles. The number of nitrogens with one attached hydrogen (secondary N) is 1. The third-order valence-electron chi connectivity index (χ3n) is 1.35. The fraction of sp³-hybridized carbons (Fsp3) is 1.00. The van der Waals surface area contributed by atoms with Crippen molar-refractivity contribution in [3.8, 4) is 0 Å². The first-order chi connectivity index (χ1) is 4.27. The summed E-state index contributed by atoms with van der Waals surface area (Å²) in [7, 11) is 0. The molecule has 56 valence electrons. The van der Waals surface area contributed by atoms with Gasteiger partial charge in [-0.05, 0) is 12.3 Å². The molecule has 3 N–H and O–H groups in total. The van der Waals surface area contributed by atoms with E-state index in [1.165, 1.54) is 19.3 Å². The summed E-state index contributed by atoms with van der Waals surface area (Å²) in [4.78, 5) is 0.